The fourth-order valence-corrected chi connectivity index (χ4v) is 3.74. The van der Waals surface area contributed by atoms with Gasteiger partial charge in [0.25, 0.3) is 0 Å². The lowest BCUT2D eigenvalue weighted by molar-refractivity contribution is 0.00395. The highest BCUT2D eigenvalue weighted by molar-refractivity contribution is 5.80. The largest absolute Gasteiger partial charge is 0.379 e. The Kier molecular flexibility index (Phi) is 8.60. The molecule has 5 heteroatoms. The van der Waals surface area contributed by atoms with E-state index in [-0.39, 0.29) is 0 Å². The highest BCUT2D eigenvalue weighted by atomic mass is 16.5. The number of hydrogen-bond acceptors (Lipinski definition) is 3. The lowest BCUT2D eigenvalue weighted by Crippen LogP contribution is -2.49. The predicted octanol–water partition coefficient (Wildman–Crippen LogP) is 2.40. The highest BCUT2D eigenvalue weighted by Gasteiger charge is 2.27. The summed E-state index contributed by atoms with van der Waals surface area (Å²) in [6.45, 7) is 12.3. The first-order chi connectivity index (χ1) is 11.8. The van der Waals surface area contributed by atoms with Crippen LogP contribution in [-0.2, 0) is 4.74 Å². The lowest BCUT2D eigenvalue weighted by atomic mass is 9.92. The van der Waals surface area contributed by atoms with Crippen LogP contribution in [-0.4, -0.2) is 62.3 Å². The summed E-state index contributed by atoms with van der Waals surface area (Å²) in [5.74, 6) is 1.67. The van der Waals surface area contributed by atoms with Gasteiger partial charge in [0.15, 0.2) is 5.96 Å². The molecule has 0 aromatic heterocycles. The van der Waals surface area contributed by atoms with Crippen molar-refractivity contribution < 1.29 is 4.74 Å². The van der Waals surface area contributed by atoms with Gasteiger partial charge in [0.05, 0.1) is 19.8 Å². The summed E-state index contributed by atoms with van der Waals surface area (Å²) in [5.41, 5.74) is 0. The summed E-state index contributed by atoms with van der Waals surface area (Å²) in [5, 5.41) is 6.99. The first-order valence-corrected chi connectivity index (χ1v) is 9.80. The molecular weight excluding hydrogens is 300 g/mol. The maximum absolute atomic E-state index is 5.54. The molecule has 1 aliphatic heterocycles. The van der Waals surface area contributed by atoms with Crippen molar-refractivity contribution in [3.63, 3.8) is 0 Å². The van der Waals surface area contributed by atoms with Crippen LogP contribution in [0.1, 0.15) is 46.5 Å². The zero-order valence-corrected chi connectivity index (χ0v) is 15.8. The van der Waals surface area contributed by atoms with Crippen molar-refractivity contribution in [3.05, 3.63) is 12.2 Å². The van der Waals surface area contributed by atoms with Gasteiger partial charge in [-0.1, -0.05) is 38.8 Å². The average molecular weight is 337 g/mol. The maximum Gasteiger partial charge on any atom is 0.191 e. The monoisotopic (exact) mass is 336 g/mol. The second-order valence-corrected chi connectivity index (χ2v) is 6.80. The van der Waals surface area contributed by atoms with Gasteiger partial charge >= 0.3 is 0 Å². The van der Waals surface area contributed by atoms with Crippen LogP contribution in [0.3, 0.4) is 0 Å². The van der Waals surface area contributed by atoms with E-state index in [1.807, 2.05) is 0 Å². The van der Waals surface area contributed by atoms with Crippen molar-refractivity contribution in [1.29, 1.82) is 0 Å². The molecule has 2 N–H and O–H groups in total. The molecule has 1 fully saturated rings. The number of nitrogens with one attached hydrogen (secondary N) is 2. The minimum Gasteiger partial charge on any atom is -0.379 e. The topological polar surface area (TPSA) is 48.9 Å². The quantitative estimate of drug-likeness (QED) is 0.406. The molecule has 0 bridgehead atoms. The van der Waals surface area contributed by atoms with E-state index in [0.717, 1.165) is 58.2 Å². The van der Waals surface area contributed by atoms with E-state index in [1.54, 1.807) is 0 Å². The van der Waals surface area contributed by atoms with Crippen molar-refractivity contribution in [2.75, 3.05) is 39.4 Å². The van der Waals surface area contributed by atoms with Gasteiger partial charge in [-0.25, -0.2) is 0 Å². The molecule has 2 rings (SSSR count). The third kappa shape index (κ3) is 5.78. The van der Waals surface area contributed by atoms with Crippen molar-refractivity contribution in [2.24, 2.45) is 10.9 Å². The van der Waals surface area contributed by atoms with Gasteiger partial charge in [0.1, 0.15) is 0 Å². The van der Waals surface area contributed by atoms with E-state index >= 15 is 0 Å². The molecule has 1 atom stereocenters. The van der Waals surface area contributed by atoms with E-state index in [0.29, 0.717) is 18.0 Å². The zero-order valence-electron chi connectivity index (χ0n) is 15.8. The SMILES string of the molecule is CCNC(=NCC(C(CC)CC)N1CCOCC1)NC1CC=CC1. The molecular formula is C19H36N4O. The van der Waals surface area contributed by atoms with Crippen molar-refractivity contribution >= 4 is 5.96 Å². The first kappa shape index (κ1) is 19.3. The van der Waals surface area contributed by atoms with Crippen molar-refractivity contribution in [3.8, 4) is 0 Å². The second-order valence-electron chi connectivity index (χ2n) is 6.80. The second kappa shape index (κ2) is 10.7. The molecule has 0 aromatic rings. The molecule has 0 aromatic carbocycles. The van der Waals surface area contributed by atoms with Crippen LogP contribution in [0.2, 0.25) is 0 Å². The standard InChI is InChI=1S/C19H36N4O/c1-4-16(5-2)18(23-11-13-24-14-12-23)15-21-19(20-6-3)22-17-9-7-8-10-17/h7-8,16-18H,4-6,9-15H2,1-3H3,(H2,20,21,22). The summed E-state index contributed by atoms with van der Waals surface area (Å²) in [6, 6.07) is 1.01. The number of ether oxygens (including phenoxy) is 1. The summed E-state index contributed by atoms with van der Waals surface area (Å²) < 4.78 is 5.54. The van der Waals surface area contributed by atoms with Crippen molar-refractivity contribution in [1.82, 2.24) is 15.5 Å². The molecule has 0 saturated carbocycles. The third-order valence-electron chi connectivity index (χ3n) is 5.24. The number of nitrogens with zero attached hydrogens (tertiary/aromatic N) is 2. The smallest absolute Gasteiger partial charge is 0.191 e. The summed E-state index contributed by atoms with van der Waals surface area (Å²) in [4.78, 5) is 7.54. The van der Waals surface area contributed by atoms with Crippen LogP contribution in [0.5, 0.6) is 0 Å². The fraction of sp³-hybridized carbons (Fsp3) is 0.842. The normalized spacial score (nSPS) is 21.4. The third-order valence-corrected chi connectivity index (χ3v) is 5.24. The van der Waals surface area contributed by atoms with E-state index in [9.17, 15) is 0 Å². The number of rotatable bonds is 8. The first-order valence-electron chi connectivity index (χ1n) is 9.80. The van der Waals surface area contributed by atoms with Gasteiger partial charge in [-0.05, 0) is 25.7 Å². The van der Waals surface area contributed by atoms with Crippen LogP contribution in [0, 0.1) is 5.92 Å². The molecule has 2 aliphatic rings. The molecule has 0 spiro atoms. The Bertz CT molecular complexity index is 392. The Morgan fingerprint density at radius 3 is 2.42 bits per heavy atom. The Hall–Kier alpha value is -1.07. The molecule has 24 heavy (non-hydrogen) atoms. The minimum atomic E-state index is 0.498. The van der Waals surface area contributed by atoms with Gasteiger partial charge < -0.3 is 15.4 Å². The van der Waals surface area contributed by atoms with E-state index in [1.165, 1.54) is 12.8 Å². The minimum absolute atomic E-state index is 0.498. The van der Waals surface area contributed by atoms with Crippen LogP contribution < -0.4 is 10.6 Å². The van der Waals surface area contributed by atoms with Gasteiger partial charge in [-0.2, -0.15) is 0 Å². The lowest BCUT2D eigenvalue weighted by Gasteiger charge is -2.38. The highest BCUT2D eigenvalue weighted by Crippen LogP contribution is 2.20. The van der Waals surface area contributed by atoms with Crippen LogP contribution in [0.15, 0.2) is 17.1 Å². The molecule has 0 radical (unpaired) electrons. The Balaban J connectivity index is 2.00. The molecule has 1 unspecified atom stereocenters. The Morgan fingerprint density at radius 1 is 1.17 bits per heavy atom. The van der Waals surface area contributed by atoms with E-state index in [4.69, 9.17) is 9.73 Å². The number of hydrogen-bond donors (Lipinski definition) is 2. The summed E-state index contributed by atoms with van der Waals surface area (Å²) in [7, 11) is 0. The Morgan fingerprint density at radius 2 is 1.83 bits per heavy atom. The number of aliphatic imine (C=N–C) groups is 1. The van der Waals surface area contributed by atoms with Gasteiger partial charge in [0.2, 0.25) is 0 Å². The van der Waals surface area contributed by atoms with Crippen LogP contribution >= 0.6 is 0 Å². The molecule has 5 nitrogen and oxygen atoms in total. The van der Waals surface area contributed by atoms with Gasteiger partial charge in [-0.3, -0.25) is 9.89 Å². The molecule has 1 saturated heterocycles. The van der Waals surface area contributed by atoms with Crippen LogP contribution in [0.25, 0.3) is 0 Å². The fourth-order valence-electron chi connectivity index (χ4n) is 3.74. The molecule has 1 aliphatic carbocycles. The maximum atomic E-state index is 5.54. The average Bonchev–Trinajstić information content (AvgIpc) is 3.12. The summed E-state index contributed by atoms with van der Waals surface area (Å²) in [6.07, 6.45) is 9.13. The number of morpholine rings is 1. The molecule has 138 valence electrons. The Labute approximate surface area is 147 Å². The molecule has 0 amide bonds. The predicted molar refractivity (Wildman–Crippen MR) is 102 cm³/mol. The van der Waals surface area contributed by atoms with Crippen molar-refractivity contribution in [2.45, 2.75) is 58.5 Å². The van der Waals surface area contributed by atoms with E-state index in [2.05, 4.69) is 48.5 Å². The van der Waals surface area contributed by atoms with E-state index < -0.39 is 0 Å². The number of guanidine groups is 1. The van der Waals surface area contributed by atoms with Crippen LogP contribution in [0.4, 0.5) is 0 Å². The zero-order chi connectivity index (χ0) is 17.2. The van der Waals surface area contributed by atoms with Gasteiger partial charge in [0, 0.05) is 31.7 Å². The van der Waals surface area contributed by atoms with Gasteiger partial charge in [-0.15, -0.1) is 0 Å². The molecule has 1 heterocycles. The summed E-state index contributed by atoms with van der Waals surface area (Å²) >= 11 is 0.